The molecule has 5 nitrogen and oxygen atoms in total. The molecule has 1 atom stereocenters. The molecular formula is C21H22Cl2F2N2O3S. The molecule has 31 heavy (non-hydrogen) atoms. The number of benzene rings is 2. The van der Waals surface area contributed by atoms with Gasteiger partial charge < -0.3 is 4.90 Å². The Labute approximate surface area is 190 Å². The number of amides is 1. The van der Waals surface area contributed by atoms with Gasteiger partial charge in [0.05, 0.1) is 16.1 Å². The number of hydrogen-bond acceptors (Lipinski definition) is 3. The molecule has 168 valence electrons. The number of carbonyl (C=O) groups is 1. The van der Waals surface area contributed by atoms with E-state index in [9.17, 15) is 22.0 Å². The second kappa shape index (κ2) is 9.40. The third-order valence-electron chi connectivity index (χ3n) is 5.67. The van der Waals surface area contributed by atoms with Gasteiger partial charge in [0, 0.05) is 26.1 Å². The maximum Gasteiger partial charge on any atom is 0.246 e. The van der Waals surface area contributed by atoms with E-state index in [1.165, 1.54) is 27.4 Å². The fourth-order valence-electron chi connectivity index (χ4n) is 3.68. The van der Waals surface area contributed by atoms with E-state index < -0.39 is 27.7 Å². The summed E-state index contributed by atoms with van der Waals surface area (Å²) in [4.78, 5) is 14.3. The van der Waals surface area contributed by atoms with Crippen LogP contribution in [0.15, 0.2) is 41.3 Å². The zero-order valence-electron chi connectivity index (χ0n) is 17.0. The van der Waals surface area contributed by atoms with Crippen molar-refractivity contribution < 1.29 is 22.0 Å². The highest BCUT2D eigenvalue weighted by atomic mass is 35.5. The summed E-state index contributed by atoms with van der Waals surface area (Å²) in [6.45, 7) is 2.02. The van der Waals surface area contributed by atoms with Gasteiger partial charge in [-0.05, 0) is 49.6 Å². The topological polar surface area (TPSA) is 57.7 Å². The molecule has 1 amide bonds. The van der Waals surface area contributed by atoms with E-state index >= 15 is 0 Å². The SMILES string of the molecule is CC(c1ccc(F)c(F)c1)N(C)C(=O)C1CCN(S(=O)(=O)c2c(Cl)cccc2Cl)CC1. The molecule has 0 aromatic heterocycles. The quantitative estimate of drug-likeness (QED) is 0.599. The molecule has 0 N–H and O–H groups in total. The first kappa shape index (κ1) is 23.9. The Hall–Kier alpha value is -1.74. The number of nitrogens with zero attached hydrogens (tertiary/aromatic N) is 2. The second-order valence-electron chi connectivity index (χ2n) is 7.53. The summed E-state index contributed by atoms with van der Waals surface area (Å²) >= 11 is 12.1. The third kappa shape index (κ3) is 4.87. The largest absolute Gasteiger partial charge is 0.339 e. The van der Waals surface area contributed by atoms with E-state index in [1.807, 2.05) is 0 Å². The predicted molar refractivity (Wildman–Crippen MR) is 115 cm³/mol. The monoisotopic (exact) mass is 490 g/mol. The van der Waals surface area contributed by atoms with E-state index in [4.69, 9.17) is 23.2 Å². The molecule has 0 aliphatic carbocycles. The van der Waals surface area contributed by atoms with Crippen LogP contribution in [-0.4, -0.2) is 43.7 Å². The van der Waals surface area contributed by atoms with Gasteiger partial charge in [-0.2, -0.15) is 4.31 Å². The van der Waals surface area contributed by atoms with Crippen molar-refractivity contribution in [2.24, 2.45) is 5.92 Å². The third-order valence-corrected chi connectivity index (χ3v) is 8.53. The first-order chi connectivity index (χ1) is 14.5. The van der Waals surface area contributed by atoms with Crippen molar-refractivity contribution in [1.29, 1.82) is 0 Å². The van der Waals surface area contributed by atoms with Gasteiger partial charge in [0.2, 0.25) is 15.9 Å². The highest BCUT2D eigenvalue weighted by Crippen LogP contribution is 2.34. The summed E-state index contributed by atoms with van der Waals surface area (Å²) in [6.07, 6.45) is 0.657. The number of piperidine rings is 1. The Bertz CT molecular complexity index is 1070. The summed E-state index contributed by atoms with van der Waals surface area (Å²) in [6, 6.07) is 7.57. The maximum absolute atomic E-state index is 13.6. The lowest BCUT2D eigenvalue weighted by molar-refractivity contribution is -0.137. The Morgan fingerprint density at radius 3 is 2.23 bits per heavy atom. The van der Waals surface area contributed by atoms with Gasteiger partial charge >= 0.3 is 0 Å². The van der Waals surface area contributed by atoms with Gasteiger partial charge in [-0.1, -0.05) is 35.3 Å². The molecule has 0 spiro atoms. The minimum absolute atomic E-state index is 0.0470. The Kier molecular flexibility index (Phi) is 7.25. The molecule has 1 aliphatic rings. The van der Waals surface area contributed by atoms with E-state index in [0.717, 1.165) is 12.1 Å². The van der Waals surface area contributed by atoms with Gasteiger partial charge in [-0.25, -0.2) is 17.2 Å². The van der Waals surface area contributed by atoms with Crippen molar-refractivity contribution in [3.8, 4) is 0 Å². The van der Waals surface area contributed by atoms with Gasteiger partial charge in [-0.3, -0.25) is 4.79 Å². The zero-order valence-corrected chi connectivity index (χ0v) is 19.3. The number of rotatable bonds is 5. The smallest absolute Gasteiger partial charge is 0.246 e. The lowest BCUT2D eigenvalue weighted by Crippen LogP contribution is -2.44. The van der Waals surface area contributed by atoms with Crippen molar-refractivity contribution >= 4 is 39.1 Å². The summed E-state index contributed by atoms with van der Waals surface area (Å²) in [7, 11) is -2.30. The lowest BCUT2D eigenvalue weighted by Gasteiger charge is -2.34. The minimum Gasteiger partial charge on any atom is -0.339 e. The molecule has 0 radical (unpaired) electrons. The van der Waals surface area contributed by atoms with Crippen LogP contribution < -0.4 is 0 Å². The molecule has 1 aliphatic heterocycles. The van der Waals surface area contributed by atoms with Gasteiger partial charge in [0.25, 0.3) is 0 Å². The number of sulfonamides is 1. The summed E-state index contributed by atoms with van der Waals surface area (Å²) in [5.41, 5.74) is 0.475. The van der Waals surface area contributed by atoms with Crippen LogP contribution in [0.1, 0.15) is 31.4 Å². The van der Waals surface area contributed by atoms with Crippen LogP contribution in [0, 0.1) is 17.6 Å². The van der Waals surface area contributed by atoms with Crippen LogP contribution in [0.4, 0.5) is 8.78 Å². The van der Waals surface area contributed by atoms with Crippen LogP contribution >= 0.6 is 23.2 Å². The average molecular weight is 491 g/mol. The Morgan fingerprint density at radius 2 is 1.68 bits per heavy atom. The van der Waals surface area contributed by atoms with Gasteiger partial charge in [0.15, 0.2) is 11.6 Å². The normalized spacial score (nSPS) is 16.8. The summed E-state index contributed by atoms with van der Waals surface area (Å²) < 4.78 is 54.0. The van der Waals surface area contributed by atoms with Crippen LogP contribution in [0.2, 0.25) is 10.0 Å². The molecule has 1 unspecified atom stereocenters. The number of hydrogen-bond donors (Lipinski definition) is 0. The molecule has 1 fully saturated rings. The van der Waals surface area contributed by atoms with E-state index in [2.05, 4.69) is 0 Å². The van der Waals surface area contributed by atoms with Crippen molar-refractivity contribution in [3.05, 3.63) is 63.6 Å². The van der Waals surface area contributed by atoms with Crippen molar-refractivity contribution in [3.63, 3.8) is 0 Å². The first-order valence-corrected chi connectivity index (χ1v) is 11.9. The molecular weight excluding hydrogens is 469 g/mol. The van der Waals surface area contributed by atoms with Gasteiger partial charge in [0.1, 0.15) is 4.90 Å². The molecule has 0 saturated carbocycles. The fraction of sp³-hybridized carbons (Fsp3) is 0.381. The molecule has 2 aromatic carbocycles. The number of halogens is 4. The first-order valence-electron chi connectivity index (χ1n) is 9.69. The van der Waals surface area contributed by atoms with E-state index in [1.54, 1.807) is 20.0 Å². The van der Waals surface area contributed by atoms with Crippen LogP contribution in [0.25, 0.3) is 0 Å². The Balaban J connectivity index is 1.68. The summed E-state index contributed by atoms with van der Waals surface area (Å²) in [5, 5.41) is 0.0941. The predicted octanol–water partition coefficient (Wildman–Crippen LogP) is 4.89. The van der Waals surface area contributed by atoms with Crippen molar-refractivity contribution in [2.75, 3.05) is 20.1 Å². The van der Waals surface area contributed by atoms with Crippen LogP contribution in [0.3, 0.4) is 0 Å². The molecule has 1 saturated heterocycles. The van der Waals surface area contributed by atoms with Crippen LogP contribution in [-0.2, 0) is 14.8 Å². The van der Waals surface area contributed by atoms with Crippen molar-refractivity contribution in [2.45, 2.75) is 30.7 Å². The van der Waals surface area contributed by atoms with E-state index in [0.29, 0.717) is 18.4 Å². The molecule has 2 aromatic rings. The second-order valence-corrected chi connectivity index (χ2v) is 10.2. The average Bonchev–Trinajstić information content (AvgIpc) is 2.74. The highest BCUT2D eigenvalue weighted by Gasteiger charge is 2.36. The maximum atomic E-state index is 13.6. The highest BCUT2D eigenvalue weighted by molar-refractivity contribution is 7.89. The zero-order chi connectivity index (χ0) is 22.9. The molecule has 0 bridgehead atoms. The van der Waals surface area contributed by atoms with Crippen LogP contribution in [0.5, 0.6) is 0 Å². The lowest BCUT2D eigenvalue weighted by atomic mass is 9.95. The number of carbonyl (C=O) groups excluding carboxylic acids is 1. The van der Waals surface area contributed by atoms with Crippen molar-refractivity contribution in [1.82, 2.24) is 9.21 Å². The van der Waals surface area contributed by atoms with E-state index in [-0.39, 0.29) is 39.9 Å². The fourth-order valence-corrected chi connectivity index (χ4v) is 6.24. The Morgan fingerprint density at radius 1 is 1.10 bits per heavy atom. The standard InChI is InChI=1S/C21H22Cl2F2N2O3S/c1-13(15-6-7-18(24)19(25)12-15)26(2)21(28)14-8-10-27(11-9-14)31(29,30)20-16(22)4-3-5-17(20)23/h3-7,12-14H,8-11H2,1-2H3. The molecule has 10 heteroatoms. The summed E-state index contributed by atoms with van der Waals surface area (Å²) in [5.74, 6) is -2.48. The van der Waals surface area contributed by atoms with Gasteiger partial charge in [-0.15, -0.1) is 0 Å². The molecule has 3 rings (SSSR count). The molecule has 1 heterocycles. The minimum atomic E-state index is -3.89.